The second-order valence-corrected chi connectivity index (χ2v) is 3.76. The summed E-state index contributed by atoms with van der Waals surface area (Å²) in [6, 6.07) is 1.68. The van der Waals surface area contributed by atoms with Gasteiger partial charge in [0.1, 0.15) is 0 Å². The molecular weight excluding hydrogens is 269 g/mol. The van der Waals surface area contributed by atoms with Crippen molar-refractivity contribution in [2.45, 2.75) is 6.54 Å². The van der Waals surface area contributed by atoms with Gasteiger partial charge >= 0.3 is 0 Å². The van der Waals surface area contributed by atoms with Crippen LogP contribution in [0.5, 0.6) is 11.5 Å². The number of benzene rings is 1. The molecule has 0 aromatic heterocycles. The number of hydrogen-bond acceptors (Lipinski definition) is 4. The van der Waals surface area contributed by atoms with E-state index in [1.54, 1.807) is 6.07 Å². The highest BCUT2D eigenvalue weighted by molar-refractivity contribution is 9.10. The van der Waals surface area contributed by atoms with E-state index >= 15 is 0 Å². The normalized spacial score (nSPS) is 13.3. The molecule has 1 aliphatic rings. The Morgan fingerprint density at radius 1 is 1.60 bits per heavy atom. The number of rotatable bonds is 3. The molecule has 0 saturated heterocycles. The number of hydrogen-bond donors (Lipinski definition) is 1. The van der Waals surface area contributed by atoms with E-state index in [0.717, 1.165) is 0 Å². The molecule has 2 rings (SSSR count). The number of halogens is 2. The van der Waals surface area contributed by atoms with Crippen LogP contribution in [0.3, 0.4) is 0 Å². The molecule has 82 valence electrons. The third-order valence-corrected chi connectivity index (χ3v) is 2.75. The van der Waals surface area contributed by atoms with E-state index in [1.165, 1.54) is 7.11 Å². The average molecular weight is 278 g/mol. The van der Waals surface area contributed by atoms with Gasteiger partial charge in [0.25, 0.3) is 0 Å². The molecule has 0 atom stereocenters. The van der Waals surface area contributed by atoms with Crippen LogP contribution >= 0.6 is 15.9 Å². The summed E-state index contributed by atoms with van der Waals surface area (Å²) in [6.45, 7) is 0.305. The summed E-state index contributed by atoms with van der Waals surface area (Å²) in [5.41, 5.74) is 3.02. The van der Waals surface area contributed by atoms with Crippen LogP contribution in [0.15, 0.2) is 10.5 Å². The second kappa shape index (κ2) is 4.34. The zero-order chi connectivity index (χ0) is 10.8. The van der Waals surface area contributed by atoms with Crippen LogP contribution in [-0.2, 0) is 11.4 Å². The van der Waals surface area contributed by atoms with E-state index < -0.39 is 5.82 Å². The molecular formula is C9H9BrFNO3. The van der Waals surface area contributed by atoms with E-state index in [1.807, 2.05) is 0 Å². The topological polar surface area (TPSA) is 39.7 Å². The highest BCUT2D eigenvalue weighted by Crippen LogP contribution is 2.40. The van der Waals surface area contributed by atoms with Crippen molar-refractivity contribution in [3.8, 4) is 11.5 Å². The maximum atomic E-state index is 13.8. The molecule has 1 aliphatic heterocycles. The van der Waals surface area contributed by atoms with Gasteiger partial charge in [-0.25, -0.2) is 4.39 Å². The highest BCUT2D eigenvalue weighted by Gasteiger charge is 2.23. The first kappa shape index (κ1) is 10.7. The minimum Gasteiger partial charge on any atom is -0.453 e. The zero-order valence-electron chi connectivity index (χ0n) is 7.97. The second-order valence-electron chi connectivity index (χ2n) is 2.91. The van der Waals surface area contributed by atoms with Gasteiger partial charge in [0.15, 0.2) is 11.6 Å². The molecule has 1 aromatic carbocycles. The van der Waals surface area contributed by atoms with Crippen LogP contribution < -0.4 is 15.0 Å². The maximum absolute atomic E-state index is 13.8. The predicted molar refractivity (Wildman–Crippen MR) is 54.1 cm³/mol. The van der Waals surface area contributed by atoms with Gasteiger partial charge in [-0.05, 0) is 6.07 Å². The molecule has 6 heteroatoms. The fourth-order valence-corrected chi connectivity index (χ4v) is 1.84. The SMILES string of the molecule is CONCc1c(Br)cc2c(c1F)OCO2. The van der Waals surface area contributed by atoms with Crippen molar-refractivity contribution in [1.82, 2.24) is 5.48 Å². The zero-order valence-corrected chi connectivity index (χ0v) is 9.56. The fraction of sp³-hybridized carbons (Fsp3) is 0.333. The smallest absolute Gasteiger partial charge is 0.231 e. The van der Waals surface area contributed by atoms with Crippen molar-refractivity contribution in [3.63, 3.8) is 0 Å². The monoisotopic (exact) mass is 277 g/mol. The first-order valence-corrected chi connectivity index (χ1v) is 5.05. The summed E-state index contributed by atoms with van der Waals surface area (Å²) in [7, 11) is 1.47. The molecule has 1 aromatic rings. The van der Waals surface area contributed by atoms with Crippen LogP contribution in [0.2, 0.25) is 0 Å². The van der Waals surface area contributed by atoms with Crippen molar-refractivity contribution in [3.05, 3.63) is 21.9 Å². The van der Waals surface area contributed by atoms with Gasteiger partial charge in [-0.3, -0.25) is 0 Å². The molecule has 0 fully saturated rings. The van der Waals surface area contributed by atoms with Crippen LogP contribution in [0.4, 0.5) is 4.39 Å². The number of ether oxygens (including phenoxy) is 2. The van der Waals surface area contributed by atoms with E-state index in [2.05, 4.69) is 26.2 Å². The third-order valence-electron chi connectivity index (χ3n) is 2.05. The Labute approximate surface area is 94.4 Å². The van der Waals surface area contributed by atoms with Gasteiger partial charge in [0.05, 0.1) is 13.7 Å². The highest BCUT2D eigenvalue weighted by atomic mass is 79.9. The number of nitrogens with one attached hydrogen (secondary N) is 1. The van der Waals surface area contributed by atoms with E-state index in [9.17, 15) is 4.39 Å². The van der Waals surface area contributed by atoms with E-state index in [4.69, 9.17) is 9.47 Å². The Balaban J connectivity index is 2.37. The van der Waals surface area contributed by atoms with E-state index in [-0.39, 0.29) is 19.1 Å². The average Bonchev–Trinajstić information content (AvgIpc) is 2.65. The molecule has 0 amide bonds. The molecule has 4 nitrogen and oxygen atoms in total. The minimum absolute atomic E-state index is 0.0554. The maximum Gasteiger partial charge on any atom is 0.231 e. The Hall–Kier alpha value is -0.850. The van der Waals surface area contributed by atoms with Crippen LogP contribution in [0.1, 0.15) is 5.56 Å². The van der Waals surface area contributed by atoms with Gasteiger partial charge in [-0.1, -0.05) is 15.9 Å². The van der Waals surface area contributed by atoms with Crippen LogP contribution in [0.25, 0.3) is 0 Å². The molecule has 0 saturated carbocycles. The molecule has 0 radical (unpaired) electrons. The van der Waals surface area contributed by atoms with Crippen molar-refractivity contribution >= 4 is 15.9 Å². The standard InChI is InChI=1S/C9H9BrFNO3/c1-13-12-3-5-6(10)2-7-9(8(5)11)15-4-14-7/h2,12H,3-4H2,1H3. The lowest BCUT2D eigenvalue weighted by Crippen LogP contribution is -2.12. The summed E-state index contributed by atoms with van der Waals surface area (Å²) >= 11 is 3.26. The van der Waals surface area contributed by atoms with Crippen molar-refractivity contribution in [2.24, 2.45) is 0 Å². The van der Waals surface area contributed by atoms with Gasteiger partial charge in [-0.2, -0.15) is 5.48 Å². The van der Waals surface area contributed by atoms with E-state index in [0.29, 0.717) is 15.8 Å². The van der Waals surface area contributed by atoms with Gasteiger partial charge in [-0.15, -0.1) is 0 Å². The van der Waals surface area contributed by atoms with Crippen molar-refractivity contribution in [1.29, 1.82) is 0 Å². The Morgan fingerprint density at radius 3 is 3.13 bits per heavy atom. The first-order chi connectivity index (χ1) is 7.24. The molecule has 1 heterocycles. The van der Waals surface area contributed by atoms with Crippen LogP contribution in [-0.4, -0.2) is 13.9 Å². The third kappa shape index (κ3) is 1.92. The minimum atomic E-state index is -0.429. The molecule has 0 unspecified atom stereocenters. The van der Waals surface area contributed by atoms with Gasteiger partial charge < -0.3 is 14.3 Å². The fourth-order valence-electron chi connectivity index (χ4n) is 1.32. The van der Waals surface area contributed by atoms with Gasteiger partial charge in [0.2, 0.25) is 12.5 Å². The number of hydroxylamine groups is 1. The number of fused-ring (bicyclic) bond motifs is 1. The quantitative estimate of drug-likeness (QED) is 0.858. The van der Waals surface area contributed by atoms with Crippen molar-refractivity contribution < 1.29 is 18.7 Å². The Bertz CT molecular complexity index is 386. The summed E-state index contributed by atoms with van der Waals surface area (Å²) in [6.07, 6.45) is 0. The predicted octanol–water partition coefficient (Wildman–Crippen LogP) is 1.97. The summed E-state index contributed by atoms with van der Waals surface area (Å²) in [5, 5.41) is 0. The summed E-state index contributed by atoms with van der Waals surface area (Å²) in [5.74, 6) is 0.146. The van der Waals surface area contributed by atoms with Gasteiger partial charge in [0, 0.05) is 10.0 Å². The van der Waals surface area contributed by atoms with Crippen molar-refractivity contribution in [2.75, 3.05) is 13.9 Å². The lowest BCUT2D eigenvalue weighted by atomic mass is 10.2. The Kier molecular flexibility index (Phi) is 3.08. The molecule has 0 bridgehead atoms. The lowest BCUT2D eigenvalue weighted by molar-refractivity contribution is 0.0856. The summed E-state index contributed by atoms with van der Waals surface area (Å²) < 4.78 is 24.5. The Morgan fingerprint density at radius 2 is 2.40 bits per heavy atom. The molecule has 15 heavy (non-hydrogen) atoms. The largest absolute Gasteiger partial charge is 0.453 e. The van der Waals surface area contributed by atoms with Crippen LogP contribution in [0, 0.1) is 5.82 Å². The molecule has 0 aliphatic carbocycles. The lowest BCUT2D eigenvalue weighted by Gasteiger charge is -2.08. The molecule has 0 spiro atoms. The molecule has 1 N–H and O–H groups in total. The first-order valence-electron chi connectivity index (χ1n) is 4.26. The summed E-state index contributed by atoms with van der Waals surface area (Å²) in [4.78, 5) is 4.67.